The molecule has 7 nitrogen and oxygen atoms in total. The van der Waals surface area contributed by atoms with Crippen LogP contribution in [0.3, 0.4) is 0 Å². The largest absolute Gasteiger partial charge is 0.493 e. The first kappa shape index (κ1) is 18.8. The van der Waals surface area contributed by atoms with Gasteiger partial charge in [0.1, 0.15) is 11.9 Å². The van der Waals surface area contributed by atoms with Crippen molar-refractivity contribution in [3.8, 4) is 11.5 Å². The van der Waals surface area contributed by atoms with E-state index in [1.165, 1.54) is 0 Å². The molecule has 2 heterocycles. The van der Waals surface area contributed by atoms with Gasteiger partial charge in [0, 0.05) is 25.6 Å². The molecule has 1 N–H and O–H groups in total. The first-order valence-corrected chi connectivity index (χ1v) is 9.81. The summed E-state index contributed by atoms with van der Waals surface area (Å²) >= 11 is 0. The van der Waals surface area contributed by atoms with Crippen LogP contribution in [0.2, 0.25) is 0 Å². The van der Waals surface area contributed by atoms with E-state index in [2.05, 4.69) is 5.16 Å². The number of amides is 1. The van der Waals surface area contributed by atoms with Gasteiger partial charge in [-0.15, -0.1) is 0 Å². The second-order valence-electron chi connectivity index (χ2n) is 7.61. The molecule has 0 radical (unpaired) electrons. The number of hydrogen-bond acceptors (Lipinski definition) is 6. The van der Waals surface area contributed by atoms with Gasteiger partial charge in [-0.2, -0.15) is 0 Å². The number of fused-ring (bicyclic) bond motifs is 1. The monoisotopic (exact) mass is 386 g/mol. The van der Waals surface area contributed by atoms with E-state index >= 15 is 0 Å². The van der Waals surface area contributed by atoms with Crippen LogP contribution in [0.1, 0.15) is 36.0 Å². The molecule has 7 heteroatoms. The van der Waals surface area contributed by atoms with Gasteiger partial charge < -0.3 is 24.0 Å². The van der Waals surface area contributed by atoms with Crippen molar-refractivity contribution in [3.05, 3.63) is 41.8 Å². The Labute approximate surface area is 164 Å². The number of likely N-dealkylation sites (tertiary alicyclic amines) is 1. The number of aryl methyl sites for hydroxylation is 1. The summed E-state index contributed by atoms with van der Waals surface area (Å²) in [5.41, 5.74) is 0.359. The Morgan fingerprint density at radius 3 is 2.64 bits per heavy atom. The zero-order valence-electron chi connectivity index (χ0n) is 16.2. The summed E-state index contributed by atoms with van der Waals surface area (Å²) in [5, 5.41) is 14.5. The minimum atomic E-state index is -0.569. The molecule has 1 saturated heterocycles. The van der Waals surface area contributed by atoms with Crippen molar-refractivity contribution < 1.29 is 23.9 Å². The van der Waals surface area contributed by atoms with Crippen molar-refractivity contribution in [1.29, 1.82) is 0 Å². The van der Waals surface area contributed by atoms with Crippen LogP contribution in [0.5, 0.6) is 11.5 Å². The summed E-state index contributed by atoms with van der Waals surface area (Å²) in [6, 6.07) is 9.16. The molecule has 4 rings (SSSR count). The number of carbonyl (C=O) groups excluding carboxylic acids is 1. The molecule has 1 aliphatic heterocycles. The third-order valence-corrected chi connectivity index (χ3v) is 5.85. The summed E-state index contributed by atoms with van der Waals surface area (Å²) in [6.07, 6.45) is 1.14. The highest BCUT2D eigenvalue weighted by Gasteiger charge is 2.44. The van der Waals surface area contributed by atoms with E-state index in [1.54, 1.807) is 13.2 Å². The zero-order valence-corrected chi connectivity index (χ0v) is 16.2. The zero-order chi connectivity index (χ0) is 19.7. The maximum absolute atomic E-state index is 12.8. The molecule has 2 aliphatic rings. The minimum absolute atomic E-state index is 0.102. The average Bonchev–Trinajstić information content (AvgIpc) is 3.35. The summed E-state index contributed by atoms with van der Waals surface area (Å²) in [4.78, 5) is 14.6. The smallest absolute Gasteiger partial charge is 0.276 e. The molecule has 1 aliphatic carbocycles. The van der Waals surface area contributed by atoms with Gasteiger partial charge in [0.25, 0.3) is 5.91 Å². The van der Waals surface area contributed by atoms with E-state index in [4.69, 9.17) is 14.0 Å². The van der Waals surface area contributed by atoms with Gasteiger partial charge in [-0.3, -0.25) is 4.79 Å². The molecule has 4 atom stereocenters. The van der Waals surface area contributed by atoms with Crippen molar-refractivity contribution in [2.45, 2.75) is 38.4 Å². The minimum Gasteiger partial charge on any atom is -0.493 e. The molecule has 0 bridgehead atoms. The van der Waals surface area contributed by atoms with Gasteiger partial charge in [-0.25, -0.2) is 0 Å². The van der Waals surface area contributed by atoms with E-state index < -0.39 is 6.10 Å². The third kappa shape index (κ3) is 3.58. The molecule has 2 fully saturated rings. The normalized spacial score (nSPS) is 26.8. The number of hydrogen-bond donors (Lipinski definition) is 1. The lowest BCUT2D eigenvalue weighted by Gasteiger charge is -2.35. The average molecular weight is 386 g/mol. The van der Waals surface area contributed by atoms with Gasteiger partial charge in [-0.1, -0.05) is 24.2 Å². The van der Waals surface area contributed by atoms with Crippen LogP contribution in [-0.2, 0) is 6.42 Å². The summed E-state index contributed by atoms with van der Waals surface area (Å²) in [7, 11) is 1.60. The molecule has 28 heavy (non-hydrogen) atoms. The molecule has 0 unspecified atom stereocenters. The fourth-order valence-corrected chi connectivity index (χ4v) is 4.30. The molecule has 1 aromatic heterocycles. The van der Waals surface area contributed by atoms with Crippen LogP contribution in [-0.4, -0.2) is 53.5 Å². The van der Waals surface area contributed by atoms with Crippen LogP contribution < -0.4 is 9.47 Å². The molecule has 2 aromatic rings. The van der Waals surface area contributed by atoms with Gasteiger partial charge in [-0.05, 0) is 36.8 Å². The Balaban J connectivity index is 1.42. The quantitative estimate of drug-likeness (QED) is 0.850. The molecular formula is C21H26N2O5. The van der Waals surface area contributed by atoms with Crippen molar-refractivity contribution in [3.63, 3.8) is 0 Å². The highest BCUT2D eigenvalue weighted by atomic mass is 16.5. The Hall–Kier alpha value is -2.54. The van der Waals surface area contributed by atoms with E-state index in [-0.39, 0.29) is 17.9 Å². The third-order valence-electron chi connectivity index (χ3n) is 5.85. The fraction of sp³-hybridized carbons (Fsp3) is 0.524. The van der Waals surface area contributed by atoms with Gasteiger partial charge in [0.15, 0.2) is 17.2 Å². The van der Waals surface area contributed by atoms with Crippen LogP contribution in [0.4, 0.5) is 0 Å². The van der Waals surface area contributed by atoms with Crippen molar-refractivity contribution in [1.82, 2.24) is 10.1 Å². The van der Waals surface area contributed by atoms with Gasteiger partial charge in [0.05, 0.1) is 13.2 Å². The second-order valence-corrected chi connectivity index (χ2v) is 7.61. The standard InChI is InChI=1S/C21H26N2O5/c1-3-15-10-16(22-28-15)21(25)23-11-13-8-17(24)20(9-14(13)12-23)27-19-7-5-4-6-18(19)26-2/h4-7,10,13-14,17,20,24H,3,8-9,11-12H2,1-2H3/t13-,14+,17+,20+/m0/s1. The van der Waals surface area contributed by atoms with Crippen molar-refractivity contribution in [2.24, 2.45) is 11.8 Å². The number of para-hydroxylation sites is 2. The number of ether oxygens (including phenoxy) is 2. The Morgan fingerprint density at radius 1 is 1.25 bits per heavy atom. The number of carbonyl (C=O) groups is 1. The maximum atomic E-state index is 12.8. The lowest BCUT2D eigenvalue weighted by molar-refractivity contribution is -0.0240. The van der Waals surface area contributed by atoms with E-state index in [0.717, 1.165) is 0 Å². The Morgan fingerprint density at radius 2 is 1.96 bits per heavy atom. The van der Waals surface area contributed by atoms with Gasteiger partial charge >= 0.3 is 0 Å². The molecule has 1 aromatic carbocycles. The van der Waals surface area contributed by atoms with Crippen molar-refractivity contribution in [2.75, 3.05) is 20.2 Å². The number of aliphatic hydroxyl groups excluding tert-OH is 1. The lowest BCUT2D eigenvalue weighted by atomic mass is 9.78. The van der Waals surface area contributed by atoms with Crippen molar-refractivity contribution >= 4 is 5.91 Å². The van der Waals surface area contributed by atoms with Crippen LogP contribution in [0.25, 0.3) is 0 Å². The molecule has 1 saturated carbocycles. The topological polar surface area (TPSA) is 85.0 Å². The molecule has 0 spiro atoms. The highest BCUT2D eigenvalue weighted by Crippen LogP contribution is 2.39. The van der Waals surface area contributed by atoms with Crippen LogP contribution in [0, 0.1) is 11.8 Å². The second kappa shape index (κ2) is 7.83. The molecule has 150 valence electrons. The SMILES string of the molecule is CCc1cc(C(=O)N2C[C@H]3C[C@@H](Oc4ccccc4OC)[C@H](O)C[C@H]3C2)no1. The van der Waals surface area contributed by atoms with E-state index in [0.29, 0.717) is 61.2 Å². The highest BCUT2D eigenvalue weighted by molar-refractivity contribution is 5.92. The molecule has 1 amide bonds. The summed E-state index contributed by atoms with van der Waals surface area (Å²) in [6.45, 7) is 3.25. The van der Waals surface area contributed by atoms with E-state index in [9.17, 15) is 9.90 Å². The number of aromatic nitrogens is 1. The Bertz CT molecular complexity index is 836. The predicted molar refractivity (Wildman–Crippen MR) is 101 cm³/mol. The first-order chi connectivity index (χ1) is 13.6. The Kier molecular flexibility index (Phi) is 5.26. The summed E-state index contributed by atoms with van der Waals surface area (Å²) in [5.74, 6) is 2.46. The van der Waals surface area contributed by atoms with E-state index in [1.807, 2.05) is 36.1 Å². The van der Waals surface area contributed by atoms with Crippen LogP contribution in [0.15, 0.2) is 34.9 Å². The number of rotatable bonds is 5. The van der Waals surface area contributed by atoms with Gasteiger partial charge in [0.2, 0.25) is 0 Å². The number of aliphatic hydroxyl groups is 1. The molecular weight excluding hydrogens is 360 g/mol. The lowest BCUT2D eigenvalue weighted by Crippen LogP contribution is -2.42. The fourth-order valence-electron chi connectivity index (χ4n) is 4.30. The number of methoxy groups -OCH3 is 1. The number of nitrogens with zero attached hydrogens (tertiary/aromatic N) is 2. The maximum Gasteiger partial charge on any atom is 0.276 e. The summed E-state index contributed by atoms with van der Waals surface area (Å²) < 4.78 is 16.6. The number of benzene rings is 1. The predicted octanol–water partition coefficient (Wildman–Crippen LogP) is 2.54. The van der Waals surface area contributed by atoms with Crippen LogP contribution >= 0.6 is 0 Å². The first-order valence-electron chi connectivity index (χ1n) is 9.81.